The van der Waals surface area contributed by atoms with Gasteiger partial charge in [0.1, 0.15) is 5.54 Å². The van der Waals surface area contributed by atoms with Gasteiger partial charge in [-0.2, -0.15) is 0 Å². The van der Waals surface area contributed by atoms with E-state index >= 15 is 0 Å². The van der Waals surface area contributed by atoms with E-state index in [0.717, 1.165) is 31.6 Å². The zero-order valence-corrected chi connectivity index (χ0v) is 13.9. The lowest BCUT2D eigenvalue weighted by molar-refractivity contribution is -0.151. The predicted molar refractivity (Wildman–Crippen MR) is 83.3 cm³/mol. The molecule has 0 aromatic heterocycles. The molecule has 21 heavy (non-hydrogen) atoms. The topological polar surface area (TPSA) is 58.6 Å². The minimum atomic E-state index is -0.888. The molecule has 4 heteroatoms. The first-order valence-electron chi connectivity index (χ1n) is 8.48. The highest BCUT2D eigenvalue weighted by atomic mass is 16.5. The maximum Gasteiger partial charge on any atom is 0.326 e. The maximum atomic E-state index is 11.9. The Morgan fingerprint density at radius 2 is 1.90 bits per heavy atom. The molecule has 2 aliphatic carbocycles. The van der Waals surface area contributed by atoms with Crippen molar-refractivity contribution in [2.75, 3.05) is 6.61 Å². The van der Waals surface area contributed by atoms with Gasteiger partial charge in [0.05, 0.1) is 12.7 Å². The number of hydrogen-bond acceptors (Lipinski definition) is 3. The van der Waals surface area contributed by atoms with Crippen LogP contribution in [0, 0.1) is 17.8 Å². The summed E-state index contributed by atoms with van der Waals surface area (Å²) in [5.41, 5.74) is -0.888. The highest BCUT2D eigenvalue weighted by molar-refractivity contribution is 5.80. The second-order valence-corrected chi connectivity index (χ2v) is 7.55. The summed E-state index contributed by atoms with van der Waals surface area (Å²) in [6.45, 7) is 8.89. The van der Waals surface area contributed by atoms with Crippen molar-refractivity contribution in [3.05, 3.63) is 0 Å². The first-order valence-corrected chi connectivity index (χ1v) is 8.48. The number of carboxylic acid groups (broad SMARTS) is 1. The molecule has 2 fully saturated rings. The fourth-order valence-electron chi connectivity index (χ4n) is 3.57. The number of aliphatic carboxylic acids is 1. The van der Waals surface area contributed by atoms with Crippen LogP contribution in [0.4, 0.5) is 0 Å². The molecule has 4 unspecified atom stereocenters. The van der Waals surface area contributed by atoms with E-state index in [1.165, 1.54) is 6.42 Å². The van der Waals surface area contributed by atoms with Crippen LogP contribution in [0.25, 0.3) is 0 Å². The molecule has 0 bridgehead atoms. The molecule has 2 aliphatic rings. The fraction of sp³-hybridized carbons (Fsp3) is 0.941. The predicted octanol–water partition coefficient (Wildman–Crippen LogP) is 3.06. The molecule has 0 radical (unpaired) electrons. The second kappa shape index (κ2) is 6.66. The average Bonchev–Trinajstić information content (AvgIpc) is 3.22. The third-order valence-electron chi connectivity index (χ3n) is 5.30. The molecule has 4 nitrogen and oxygen atoms in total. The second-order valence-electron chi connectivity index (χ2n) is 7.55. The number of carboxylic acids is 1. The molecular formula is C17H31NO3. The van der Waals surface area contributed by atoms with Crippen LogP contribution in [0.15, 0.2) is 0 Å². The van der Waals surface area contributed by atoms with Crippen molar-refractivity contribution in [3.8, 4) is 0 Å². The Hall–Kier alpha value is -0.610. The van der Waals surface area contributed by atoms with E-state index in [1.807, 2.05) is 13.8 Å². The summed E-state index contributed by atoms with van der Waals surface area (Å²) in [5.74, 6) is 0.890. The quantitative estimate of drug-likeness (QED) is 0.758. The molecule has 0 spiro atoms. The Morgan fingerprint density at radius 3 is 2.38 bits per heavy atom. The van der Waals surface area contributed by atoms with Crippen LogP contribution in [-0.2, 0) is 9.53 Å². The number of rotatable bonds is 7. The van der Waals surface area contributed by atoms with Gasteiger partial charge in [-0.25, -0.2) is 0 Å². The summed E-state index contributed by atoms with van der Waals surface area (Å²) in [4.78, 5) is 11.9. The van der Waals surface area contributed by atoms with Gasteiger partial charge in [0.2, 0.25) is 0 Å². The Kier molecular flexibility index (Phi) is 5.31. The van der Waals surface area contributed by atoms with Gasteiger partial charge >= 0.3 is 5.97 Å². The summed E-state index contributed by atoms with van der Waals surface area (Å²) in [5, 5.41) is 13.1. The zero-order valence-electron chi connectivity index (χ0n) is 13.9. The minimum Gasteiger partial charge on any atom is -0.480 e. The summed E-state index contributed by atoms with van der Waals surface area (Å²) in [6.07, 6.45) is 5.52. The van der Waals surface area contributed by atoms with E-state index in [0.29, 0.717) is 12.5 Å². The first-order chi connectivity index (χ1) is 9.85. The van der Waals surface area contributed by atoms with Gasteiger partial charge in [0.15, 0.2) is 0 Å². The van der Waals surface area contributed by atoms with Crippen LogP contribution in [0.1, 0.15) is 59.8 Å². The highest BCUT2D eigenvalue weighted by Gasteiger charge is 2.52. The molecule has 0 aliphatic heterocycles. The molecule has 0 saturated heterocycles. The maximum absolute atomic E-state index is 11.9. The lowest BCUT2D eigenvalue weighted by atomic mass is 9.80. The van der Waals surface area contributed by atoms with Gasteiger partial charge in [0.25, 0.3) is 0 Å². The van der Waals surface area contributed by atoms with Gasteiger partial charge in [-0.3, -0.25) is 10.1 Å². The smallest absolute Gasteiger partial charge is 0.326 e. The van der Waals surface area contributed by atoms with Crippen molar-refractivity contribution in [1.82, 2.24) is 5.32 Å². The first kappa shape index (κ1) is 16.8. The molecule has 2 saturated carbocycles. The van der Waals surface area contributed by atoms with Crippen molar-refractivity contribution >= 4 is 5.97 Å². The van der Waals surface area contributed by atoms with Crippen LogP contribution < -0.4 is 5.32 Å². The number of carbonyl (C=O) groups is 1. The molecule has 0 aromatic rings. The van der Waals surface area contributed by atoms with Crippen molar-refractivity contribution in [1.29, 1.82) is 0 Å². The third kappa shape index (κ3) is 3.98. The lowest BCUT2D eigenvalue weighted by Gasteiger charge is -2.37. The van der Waals surface area contributed by atoms with Crippen LogP contribution in [0.3, 0.4) is 0 Å². The van der Waals surface area contributed by atoms with Crippen molar-refractivity contribution in [3.63, 3.8) is 0 Å². The largest absolute Gasteiger partial charge is 0.480 e. The monoisotopic (exact) mass is 297 g/mol. The molecule has 0 amide bonds. The van der Waals surface area contributed by atoms with Gasteiger partial charge in [-0.1, -0.05) is 13.8 Å². The Morgan fingerprint density at radius 1 is 1.24 bits per heavy atom. The van der Waals surface area contributed by atoms with Gasteiger partial charge < -0.3 is 9.84 Å². The van der Waals surface area contributed by atoms with E-state index in [4.69, 9.17) is 4.74 Å². The van der Waals surface area contributed by atoms with Crippen LogP contribution in [0.2, 0.25) is 0 Å². The van der Waals surface area contributed by atoms with Gasteiger partial charge in [0, 0.05) is 6.04 Å². The van der Waals surface area contributed by atoms with Crippen LogP contribution >= 0.6 is 0 Å². The SMILES string of the molecule is CC(C)NC(COC1CCC(C)C(C)C1)(C(=O)O)C1CC1. The molecule has 0 aromatic carbocycles. The van der Waals surface area contributed by atoms with Crippen LogP contribution in [-0.4, -0.2) is 35.4 Å². The molecule has 122 valence electrons. The minimum absolute atomic E-state index is 0.149. The molecule has 4 atom stereocenters. The molecule has 0 heterocycles. The van der Waals surface area contributed by atoms with E-state index < -0.39 is 11.5 Å². The van der Waals surface area contributed by atoms with Crippen LogP contribution in [0.5, 0.6) is 0 Å². The summed E-state index contributed by atoms with van der Waals surface area (Å²) < 4.78 is 6.09. The zero-order chi connectivity index (χ0) is 15.6. The van der Waals surface area contributed by atoms with E-state index in [9.17, 15) is 9.90 Å². The summed E-state index contributed by atoms with van der Waals surface area (Å²) in [6, 6.07) is 0.149. The van der Waals surface area contributed by atoms with Crippen molar-refractivity contribution < 1.29 is 14.6 Å². The number of hydrogen-bond donors (Lipinski definition) is 2. The third-order valence-corrected chi connectivity index (χ3v) is 5.30. The summed E-state index contributed by atoms with van der Waals surface area (Å²) >= 11 is 0. The number of ether oxygens (including phenoxy) is 1. The molecular weight excluding hydrogens is 266 g/mol. The Labute approximate surface area is 128 Å². The number of nitrogens with one attached hydrogen (secondary N) is 1. The Balaban J connectivity index is 1.97. The molecule has 2 N–H and O–H groups in total. The average molecular weight is 297 g/mol. The van der Waals surface area contributed by atoms with Crippen molar-refractivity contribution in [2.45, 2.75) is 77.5 Å². The highest BCUT2D eigenvalue weighted by Crippen LogP contribution is 2.41. The normalized spacial score (nSPS) is 32.9. The van der Waals surface area contributed by atoms with Gasteiger partial charge in [-0.15, -0.1) is 0 Å². The molecule has 2 rings (SSSR count). The Bertz CT molecular complexity index is 367. The van der Waals surface area contributed by atoms with E-state index in [-0.39, 0.29) is 18.1 Å². The fourth-order valence-corrected chi connectivity index (χ4v) is 3.57. The standard InChI is InChI=1S/C17H31NO3/c1-11(2)18-17(16(19)20,14-6-7-14)10-21-15-8-5-12(3)13(4)9-15/h11-15,18H,5-10H2,1-4H3,(H,19,20). The van der Waals surface area contributed by atoms with E-state index in [2.05, 4.69) is 19.2 Å². The van der Waals surface area contributed by atoms with Crippen molar-refractivity contribution in [2.24, 2.45) is 17.8 Å². The summed E-state index contributed by atoms with van der Waals surface area (Å²) in [7, 11) is 0. The van der Waals surface area contributed by atoms with E-state index in [1.54, 1.807) is 0 Å². The lowest BCUT2D eigenvalue weighted by Crippen LogP contribution is -2.60. The van der Waals surface area contributed by atoms with Gasteiger partial charge in [-0.05, 0) is 63.7 Å².